The zero-order valence-electron chi connectivity index (χ0n) is 9.07. The highest BCUT2D eigenvalue weighted by Gasteiger charge is 2.17. The predicted octanol–water partition coefficient (Wildman–Crippen LogP) is 1.22. The van der Waals surface area contributed by atoms with Gasteiger partial charge in [0.1, 0.15) is 5.75 Å². The van der Waals surface area contributed by atoms with E-state index in [-0.39, 0.29) is 6.04 Å². The second-order valence-electron chi connectivity index (χ2n) is 4.20. The van der Waals surface area contributed by atoms with Crippen LogP contribution in [0.15, 0.2) is 18.2 Å². The van der Waals surface area contributed by atoms with Crippen LogP contribution in [0.3, 0.4) is 0 Å². The highest BCUT2D eigenvalue weighted by molar-refractivity contribution is 5.40. The van der Waals surface area contributed by atoms with Gasteiger partial charge in [0.2, 0.25) is 0 Å². The topological polar surface area (TPSA) is 61.3 Å². The minimum Gasteiger partial charge on any atom is -0.493 e. The van der Waals surface area contributed by atoms with Crippen molar-refractivity contribution >= 4 is 0 Å². The van der Waals surface area contributed by atoms with Crippen molar-refractivity contribution in [2.75, 3.05) is 13.2 Å². The van der Waals surface area contributed by atoms with E-state index in [0.29, 0.717) is 12.5 Å². The molecule has 0 saturated carbocycles. The maximum Gasteiger partial charge on any atom is 0.122 e. The third kappa shape index (κ3) is 1.98. The molecule has 0 fully saturated rings. The minimum atomic E-state index is 0.0286. The standard InChI is InChI=1S/C12H18N2O/c1-8(7-13)12(14)10-2-3-11-9(6-10)4-5-15-11/h2-3,6,8,12H,4-5,7,13-14H2,1H3. The van der Waals surface area contributed by atoms with E-state index in [1.807, 2.05) is 12.1 Å². The van der Waals surface area contributed by atoms with Crippen LogP contribution in [0.25, 0.3) is 0 Å². The normalized spacial score (nSPS) is 18.1. The third-order valence-electron chi connectivity index (χ3n) is 3.08. The molecular formula is C12H18N2O. The van der Waals surface area contributed by atoms with Gasteiger partial charge >= 0.3 is 0 Å². The molecule has 0 radical (unpaired) electrons. The lowest BCUT2D eigenvalue weighted by molar-refractivity contribution is 0.356. The zero-order valence-corrected chi connectivity index (χ0v) is 9.07. The molecule has 1 aromatic carbocycles. The Morgan fingerprint density at radius 2 is 2.27 bits per heavy atom. The summed E-state index contributed by atoms with van der Waals surface area (Å²) in [4.78, 5) is 0. The van der Waals surface area contributed by atoms with Gasteiger partial charge in [0.05, 0.1) is 6.61 Å². The van der Waals surface area contributed by atoms with Crippen molar-refractivity contribution in [2.24, 2.45) is 17.4 Å². The van der Waals surface area contributed by atoms with Gasteiger partial charge in [0.15, 0.2) is 0 Å². The Balaban J connectivity index is 2.22. The average molecular weight is 206 g/mol. The summed E-state index contributed by atoms with van der Waals surface area (Å²) in [5, 5.41) is 0. The van der Waals surface area contributed by atoms with E-state index in [1.165, 1.54) is 5.56 Å². The van der Waals surface area contributed by atoms with Crippen molar-refractivity contribution in [1.82, 2.24) is 0 Å². The monoisotopic (exact) mass is 206 g/mol. The van der Waals surface area contributed by atoms with Crippen molar-refractivity contribution in [3.05, 3.63) is 29.3 Å². The average Bonchev–Trinajstić information content (AvgIpc) is 2.73. The lowest BCUT2D eigenvalue weighted by Gasteiger charge is -2.19. The van der Waals surface area contributed by atoms with E-state index in [1.54, 1.807) is 0 Å². The SMILES string of the molecule is CC(CN)C(N)c1ccc2c(c1)CCO2. The van der Waals surface area contributed by atoms with Gasteiger partial charge in [-0.2, -0.15) is 0 Å². The van der Waals surface area contributed by atoms with Gasteiger partial charge in [0, 0.05) is 12.5 Å². The van der Waals surface area contributed by atoms with Crippen LogP contribution in [0.1, 0.15) is 24.1 Å². The molecular weight excluding hydrogens is 188 g/mol. The molecule has 1 aliphatic rings. The predicted molar refractivity (Wildman–Crippen MR) is 60.8 cm³/mol. The fraction of sp³-hybridized carbons (Fsp3) is 0.500. The summed E-state index contributed by atoms with van der Waals surface area (Å²) in [7, 11) is 0. The first-order chi connectivity index (χ1) is 7.22. The maximum atomic E-state index is 6.12. The summed E-state index contributed by atoms with van der Waals surface area (Å²) in [6.45, 7) is 3.49. The van der Waals surface area contributed by atoms with Crippen molar-refractivity contribution in [1.29, 1.82) is 0 Å². The first-order valence-corrected chi connectivity index (χ1v) is 5.43. The van der Waals surface area contributed by atoms with Crippen molar-refractivity contribution in [3.63, 3.8) is 0 Å². The first kappa shape index (κ1) is 10.5. The van der Waals surface area contributed by atoms with Crippen LogP contribution in [0.4, 0.5) is 0 Å². The Hall–Kier alpha value is -1.06. The summed E-state index contributed by atoms with van der Waals surface area (Å²) < 4.78 is 5.45. The van der Waals surface area contributed by atoms with Gasteiger partial charge in [-0.3, -0.25) is 0 Å². The van der Waals surface area contributed by atoms with Gasteiger partial charge in [-0.25, -0.2) is 0 Å². The number of nitrogens with two attached hydrogens (primary N) is 2. The molecule has 0 amide bonds. The molecule has 2 atom stereocenters. The minimum absolute atomic E-state index is 0.0286. The van der Waals surface area contributed by atoms with Gasteiger partial charge in [-0.1, -0.05) is 19.1 Å². The molecule has 3 heteroatoms. The van der Waals surface area contributed by atoms with Gasteiger partial charge in [0.25, 0.3) is 0 Å². The van der Waals surface area contributed by atoms with E-state index >= 15 is 0 Å². The van der Waals surface area contributed by atoms with Gasteiger partial charge in [-0.15, -0.1) is 0 Å². The van der Waals surface area contributed by atoms with E-state index in [9.17, 15) is 0 Å². The lowest BCUT2D eigenvalue weighted by atomic mass is 9.94. The number of fused-ring (bicyclic) bond motifs is 1. The molecule has 0 aromatic heterocycles. The highest BCUT2D eigenvalue weighted by atomic mass is 16.5. The molecule has 2 rings (SSSR count). The molecule has 2 unspecified atom stereocenters. The quantitative estimate of drug-likeness (QED) is 0.781. The number of rotatable bonds is 3. The summed E-state index contributed by atoms with van der Waals surface area (Å²) in [5.41, 5.74) is 14.2. The molecule has 15 heavy (non-hydrogen) atoms. The molecule has 82 valence electrons. The largest absolute Gasteiger partial charge is 0.493 e. The molecule has 4 N–H and O–H groups in total. The van der Waals surface area contributed by atoms with Crippen LogP contribution < -0.4 is 16.2 Å². The molecule has 1 aromatic rings. The van der Waals surface area contributed by atoms with Crippen LogP contribution in [0, 0.1) is 5.92 Å². The number of hydrogen-bond acceptors (Lipinski definition) is 3. The van der Waals surface area contributed by atoms with Gasteiger partial charge in [-0.05, 0) is 29.7 Å². The summed E-state index contributed by atoms with van der Waals surface area (Å²) in [5.74, 6) is 1.32. The van der Waals surface area contributed by atoms with Crippen LogP contribution >= 0.6 is 0 Å². The van der Waals surface area contributed by atoms with Crippen molar-refractivity contribution in [2.45, 2.75) is 19.4 Å². The Kier molecular flexibility index (Phi) is 2.93. The van der Waals surface area contributed by atoms with Crippen LogP contribution in [-0.4, -0.2) is 13.2 Å². The second-order valence-corrected chi connectivity index (χ2v) is 4.20. The fourth-order valence-electron chi connectivity index (χ4n) is 1.89. The van der Waals surface area contributed by atoms with Gasteiger partial charge < -0.3 is 16.2 Å². The zero-order chi connectivity index (χ0) is 10.8. The molecule has 0 spiro atoms. The fourth-order valence-corrected chi connectivity index (χ4v) is 1.89. The number of hydrogen-bond donors (Lipinski definition) is 2. The summed E-state index contributed by atoms with van der Waals surface area (Å²) in [6, 6.07) is 6.24. The Labute approximate surface area is 90.4 Å². The molecule has 1 aliphatic heterocycles. The lowest BCUT2D eigenvalue weighted by Crippen LogP contribution is -2.25. The Morgan fingerprint density at radius 1 is 1.47 bits per heavy atom. The van der Waals surface area contributed by atoms with Crippen LogP contribution in [0.2, 0.25) is 0 Å². The van der Waals surface area contributed by atoms with Crippen LogP contribution in [0.5, 0.6) is 5.75 Å². The summed E-state index contributed by atoms with van der Waals surface area (Å²) >= 11 is 0. The molecule has 3 nitrogen and oxygen atoms in total. The van der Waals surface area contributed by atoms with Crippen molar-refractivity contribution < 1.29 is 4.74 Å². The molecule has 0 aliphatic carbocycles. The first-order valence-electron chi connectivity index (χ1n) is 5.43. The highest BCUT2D eigenvalue weighted by Crippen LogP contribution is 2.29. The summed E-state index contributed by atoms with van der Waals surface area (Å²) in [6.07, 6.45) is 0.993. The Morgan fingerprint density at radius 3 is 3.00 bits per heavy atom. The smallest absolute Gasteiger partial charge is 0.122 e. The van der Waals surface area contributed by atoms with E-state index in [2.05, 4.69) is 13.0 Å². The molecule has 1 heterocycles. The number of benzene rings is 1. The van der Waals surface area contributed by atoms with Crippen LogP contribution in [-0.2, 0) is 6.42 Å². The van der Waals surface area contributed by atoms with E-state index in [0.717, 1.165) is 24.3 Å². The van der Waals surface area contributed by atoms with E-state index < -0.39 is 0 Å². The number of ether oxygens (including phenoxy) is 1. The maximum absolute atomic E-state index is 6.12. The van der Waals surface area contributed by atoms with E-state index in [4.69, 9.17) is 16.2 Å². The molecule has 0 saturated heterocycles. The van der Waals surface area contributed by atoms with Crippen molar-refractivity contribution in [3.8, 4) is 5.75 Å². The third-order valence-corrected chi connectivity index (χ3v) is 3.08. The second kappa shape index (κ2) is 4.21. The Bertz CT molecular complexity index is 351. The molecule has 0 bridgehead atoms.